The molecule has 0 saturated heterocycles. The molecule has 2 aromatic heterocycles. The molecule has 2 aromatic carbocycles. The van der Waals surface area contributed by atoms with Crippen LogP contribution in [-0.2, 0) is 11.8 Å². The molecule has 0 saturated carbocycles. The highest BCUT2D eigenvalue weighted by atomic mass is 32.2. The number of carbonyl (C=O) groups is 1. The minimum absolute atomic E-state index is 0.104. The second-order valence-corrected chi connectivity index (χ2v) is 8.01. The fourth-order valence-electron chi connectivity index (χ4n) is 2.67. The molecular weight excluding hydrogens is 406 g/mol. The minimum Gasteiger partial charge on any atom is -0.457 e. The van der Waals surface area contributed by atoms with E-state index in [1.165, 1.54) is 27.7 Å². The summed E-state index contributed by atoms with van der Waals surface area (Å²) in [5, 5.41) is 5.80. The van der Waals surface area contributed by atoms with Crippen LogP contribution in [0, 0.1) is 0 Å². The van der Waals surface area contributed by atoms with Gasteiger partial charge in [0.25, 0.3) is 5.56 Å². The first kappa shape index (κ1) is 19.2. The quantitative estimate of drug-likeness (QED) is 0.365. The molecule has 0 spiro atoms. The van der Waals surface area contributed by atoms with E-state index in [1.54, 1.807) is 37.4 Å². The number of fused-ring (bicyclic) bond motifs is 1. The molecule has 0 unspecified atom stereocenters. The van der Waals surface area contributed by atoms with Crippen LogP contribution in [0.1, 0.15) is 0 Å². The minimum atomic E-state index is -0.174. The molecule has 1 N–H and O–H groups in total. The number of hydrogen-bond donors (Lipinski definition) is 1. The van der Waals surface area contributed by atoms with Gasteiger partial charge in [-0.15, -0.1) is 11.3 Å². The summed E-state index contributed by atoms with van der Waals surface area (Å²) in [6.45, 7) is 0. The van der Waals surface area contributed by atoms with Crippen molar-refractivity contribution in [1.82, 2.24) is 9.55 Å². The van der Waals surface area contributed by atoms with Crippen LogP contribution in [0.4, 0.5) is 5.69 Å². The first-order valence-corrected chi connectivity index (χ1v) is 10.7. The van der Waals surface area contributed by atoms with Crippen molar-refractivity contribution >= 4 is 44.9 Å². The summed E-state index contributed by atoms with van der Waals surface area (Å²) >= 11 is 2.65. The van der Waals surface area contributed by atoms with E-state index in [0.29, 0.717) is 26.8 Å². The Morgan fingerprint density at radius 1 is 1.10 bits per heavy atom. The molecule has 8 heteroatoms. The van der Waals surface area contributed by atoms with E-state index in [0.717, 1.165) is 5.75 Å². The highest BCUT2D eigenvalue weighted by Gasteiger charge is 2.12. The number of benzene rings is 2. The van der Waals surface area contributed by atoms with E-state index in [9.17, 15) is 9.59 Å². The molecule has 0 aliphatic carbocycles. The number of nitrogens with one attached hydrogen (secondary N) is 1. The summed E-state index contributed by atoms with van der Waals surface area (Å²) in [6.07, 6.45) is 0. The lowest BCUT2D eigenvalue weighted by molar-refractivity contribution is -0.113. The predicted molar refractivity (Wildman–Crippen MR) is 117 cm³/mol. The van der Waals surface area contributed by atoms with Crippen molar-refractivity contribution in [2.75, 3.05) is 11.1 Å². The second-order valence-electron chi connectivity index (χ2n) is 6.17. The number of amides is 1. The van der Waals surface area contributed by atoms with Crippen molar-refractivity contribution in [3.05, 3.63) is 76.4 Å². The maximum atomic E-state index is 12.3. The summed E-state index contributed by atoms with van der Waals surface area (Å²) in [4.78, 5) is 29.8. The van der Waals surface area contributed by atoms with Gasteiger partial charge in [-0.25, -0.2) is 4.98 Å². The molecule has 4 rings (SSSR count). The van der Waals surface area contributed by atoms with Gasteiger partial charge in [-0.1, -0.05) is 30.0 Å². The first-order valence-electron chi connectivity index (χ1n) is 8.80. The monoisotopic (exact) mass is 423 g/mol. The summed E-state index contributed by atoms with van der Waals surface area (Å²) in [6, 6.07) is 18.4. The fraction of sp³-hybridized carbons (Fsp3) is 0.0952. The molecule has 0 radical (unpaired) electrons. The Kier molecular flexibility index (Phi) is 5.64. The van der Waals surface area contributed by atoms with Crippen LogP contribution >= 0.6 is 23.1 Å². The van der Waals surface area contributed by atoms with Crippen LogP contribution in [0.25, 0.3) is 10.2 Å². The molecule has 1 amide bonds. The second kappa shape index (κ2) is 8.50. The Labute approximate surface area is 175 Å². The van der Waals surface area contributed by atoms with Crippen molar-refractivity contribution in [2.45, 2.75) is 5.16 Å². The van der Waals surface area contributed by atoms with E-state index < -0.39 is 0 Å². The molecular formula is C21H17N3O3S2. The molecule has 0 aliphatic rings. The van der Waals surface area contributed by atoms with Crippen molar-refractivity contribution < 1.29 is 9.53 Å². The summed E-state index contributed by atoms with van der Waals surface area (Å²) in [7, 11) is 1.66. The van der Waals surface area contributed by atoms with E-state index >= 15 is 0 Å². The Hall–Kier alpha value is -3.10. The number of aromatic nitrogens is 2. The lowest BCUT2D eigenvalue weighted by atomic mass is 10.3. The predicted octanol–water partition coefficient (Wildman–Crippen LogP) is 4.52. The number of ether oxygens (including phenoxy) is 1. The van der Waals surface area contributed by atoms with E-state index in [4.69, 9.17) is 4.74 Å². The average molecular weight is 424 g/mol. The number of hydrogen-bond acceptors (Lipinski definition) is 6. The van der Waals surface area contributed by atoms with Gasteiger partial charge in [0.1, 0.15) is 16.3 Å². The SMILES string of the molecule is Cn1c(SCC(=O)Nc2ccc(Oc3ccccc3)cc2)nc2sccc2c1=O. The van der Waals surface area contributed by atoms with E-state index in [-0.39, 0.29) is 17.2 Å². The van der Waals surface area contributed by atoms with Gasteiger partial charge < -0.3 is 10.1 Å². The fourth-order valence-corrected chi connectivity index (χ4v) is 4.24. The van der Waals surface area contributed by atoms with Gasteiger partial charge in [0.15, 0.2) is 5.16 Å². The van der Waals surface area contributed by atoms with Crippen molar-refractivity contribution in [2.24, 2.45) is 7.05 Å². The highest BCUT2D eigenvalue weighted by molar-refractivity contribution is 7.99. The summed E-state index contributed by atoms with van der Waals surface area (Å²) in [5.41, 5.74) is 0.569. The maximum Gasteiger partial charge on any atom is 0.262 e. The number of thiophene rings is 1. The largest absolute Gasteiger partial charge is 0.457 e. The number of nitrogens with zero attached hydrogens (tertiary/aromatic N) is 2. The lowest BCUT2D eigenvalue weighted by Gasteiger charge is -2.09. The molecule has 0 atom stereocenters. The van der Waals surface area contributed by atoms with Gasteiger partial charge in [0.2, 0.25) is 5.91 Å². The van der Waals surface area contributed by atoms with E-state index in [2.05, 4.69) is 10.3 Å². The van der Waals surface area contributed by atoms with Gasteiger partial charge in [-0.2, -0.15) is 0 Å². The first-order chi connectivity index (χ1) is 14.1. The molecule has 2 heterocycles. The van der Waals surface area contributed by atoms with Crippen LogP contribution < -0.4 is 15.6 Å². The average Bonchev–Trinajstić information content (AvgIpc) is 3.21. The van der Waals surface area contributed by atoms with Crippen LogP contribution in [-0.4, -0.2) is 21.2 Å². The maximum absolute atomic E-state index is 12.3. The lowest BCUT2D eigenvalue weighted by Crippen LogP contribution is -2.20. The number of para-hydroxylation sites is 1. The summed E-state index contributed by atoms with van der Waals surface area (Å²) < 4.78 is 7.21. The van der Waals surface area contributed by atoms with Crippen molar-refractivity contribution in [1.29, 1.82) is 0 Å². The Morgan fingerprint density at radius 3 is 2.59 bits per heavy atom. The molecule has 6 nitrogen and oxygen atoms in total. The number of rotatable bonds is 6. The smallest absolute Gasteiger partial charge is 0.262 e. The molecule has 0 fully saturated rings. The number of anilines is 1. The molecule has 4 aromatic rings. The van der Waals surface area contributed by atoms with Crippen molar-refractivity contribution in [3.63, 3.8) is 0 Å². The molecule has 146 valence electrons. The summed E-state index contributed by atoms with van der Waals surface area (Å²) in [5.74, 6) is 1.42. The van der Waals surface area contributed by atoms with E-state index in [1.807, 2.05) is 35.7 Å². The van der Waals surface area contributed by atoms with Gasteiger partial charge in [0.05, 0.1) is 11.1 Å². The zero-order valence-electron chi connectivity index (χ0n) is 15.5. The van der Waals surface area contributed by atoms with Crippen molar-refractivity contribution in [3.8, 4) is 11.5 Å². The van der Waals surface area contributed by atoms with Crippen LogP contribution in [0.2, 0.25) is 0 Å². The molecule has 0 aliphatic heterocycles. The highest BCUT2D eigenvalue weighted by Crippen LogP contribution is 2.23. The third-order valence-corrected chi connectivity index (χ3v) is 5.95. The topological polar surface area (TPSA) is 73.2 Å². The van der Waals surface area contributed by atoms with Gasteiger partial charge >= 0.3 is 0 Å². The third-order valence-electron chi connectivity index (χ3n) is 4.11. The zero-order chi connectivity index (χ0) is 20.2. The van der Waals surface area contributed by atoms with Crippen LogP contribution in [0.3, 0.4) is 0 Å². The Morgan fingerprint density at radius 2 is 1.83 bits per heavy atom. The normalized spacial score (nSPS) is 10.8. The van der Waals surface area contributed by atoms with Gasteiger partial charge in [-0.3, -0.25) is 14.2 Å². The van der Waals surface area contributed by atoms with Crippen LogP contribution in [0.15, 0.2) is 76.0 Å². The zero-order valence-corrected chi connectivity index (χ0v) is 17.1. The van der Waals surface area contributed by atoms with Gasteiger partial charge in [0, 0.05) is 12.7 Å². The Bertz CT molecular complexity index is 1200. The third kappa shape index (κ3) is 4.49. The van der Waals surface area contributed by atoms with Gasteiger partial charge in [-0.05, 0) is 47.8 Å². The molecule has 29 heavy (non-hydrogen) atoms. The number of carbonyl (C=O) groups excluding carboxylic acids is 1. The van der Waals surface area contributed by atoms with Crippen LogP contribution in [0.5, 0.6) is 11.5 Å². The molecule has 0 bridgehead atoms. The Balaban J connectivity index is 1.36. The standard InChI is InChI=1S/C21H17N3O3S2/c1-24-20(26)17-11-12-28-19(17)23-21(24)29-13-18(25)22-14-7-9-16(10-8-14)27-15-5-3-2-4-6-15/h2-12H,13H2,1H3,(H,22,25). The number of thioether (sulfide) groups is 1.